The molecule has 1 atom stereocenters. The van der Waals surface area contributed by atoms with Gasteiger partial charge in [-0.25, -0.2) is 4.39 Å². The number of aryl methyl sites for hydroxylation is 1. The number of nitrogens with two attached hydrogens (primary N) is 1. The molecule has 0 fully saturated rings. The third-order valence-electron chi connectivity index (χ3n) is 3.19. The molecule has 0 amide bonds. The molecular formula is C14H18FN. The van der Waals surface area contributed by atoms with Crippen LogP contribution >= 0.6 is 0 Å². The first-order chi connectivity index (χ1) is 7.66. The molecule has 0 aromatic heterocycles. The second kappa shape index (κ2) is 4.79. The molecule has 1 unspecified atom stereocenters. The zero-order valence-corrected chi connectivity index (χ0v) is 9.67. The summed E-state index contributed by atoms with van der Waals surface area (Å²) >= 11 is 0. The SMILES string of the molecule is Cc1ccc(C2=CC(N)CCCC2)cc1F. The minimum Gasteiger partial charge on any atom is -0.324 e. The van der Waals surface area contributed by atoms with E-state index in [1.807, 2.05) is 12.1 Å². The lowest BCUT2D eigenvalue weighted by atomic mass is 9.99. The molecule has 1 aliphatic carbocycles. The standard InChI is InChI=1S/C14H18FN/c1-10-6-7-12(9-14(10)15)11-4-2-3-5-13(16)8-11/h6-9,13H,2-5,16H2,1H3. The first-order valence-corrected chi connectivity index (χ1v) is 5.89. The average Bonchev–Trinajstić information content (AvgIpc) is 2.47. The van der Waals surface area contributed by atoms with E-state index in [1.165, 1.54) is 5.57 Å². The third-order valence-corrected chi connectivity index (χ3v) is 3.19. The molecule has 0 aliphatic heterocycles. The van der Waals surface area contributed by atoms with Crippen LogP contribution in [0.15, 0.2) is 24.3 Å². The molecule has 0 bridgehead atoms. The minimum atomic E-state index is -0.129. The van der Waals surface area contributed by atoms with Crippen LogP contribution < -0.4 is 5.73 Å². The Bertz CT molecular complexity index is 409. The van der Waals surface area contributed by atoms with Crippen LogP contribution in [0.4, 0.5) is 4.39 Å². The van der Waals surface area contributed by atoms with E-state index in [9.17, 15) is 4.39 Å². The summed E-state index contributed by atoms with van der Waals surface area (Å²) in [4.78, 5) is 0. The van der Waals surface area contributed by atoms with Crippen LogP contribution in [0.3, 0.4) is 0 Å². The van der Waals surface area contributed by atoms with Crippen LogP contribution in [0.25, 0.3) is 5.57 Å². The molecule has 0 radical (unpaired) electrons. The van der Waals surface area contributed by atoms with Crippen molar-refractivity contribution in [1.29, 1.82) is 0 Å². The van der Waals surface area contributed by atoms with Crippen molar-refractivity contribution in [2.75, 3.05) is 0 Å². The molecule has 1 aromatic rings. The summed E-state index contributed by atoms with van der Waals surface area (Å²) in [6, 6.07) is 5.57. The highest BCUT2D eigenvalue weighted by Crippen LogP contribution is 2.26. The van der Waals surface area contributed by atoms with Gasteiger partial charge in [-0.05, 0) is 49.0 Å². The van der Waals surface area contributed by atoms with Gasteiger partial charge >= 0.3 is 0 Å². The van der Waals surface area contributed by atoms with E-state index in [1.54, 1.807) is 13.0 Å². The van der Waals surface area contributed by atoms with Crippen molar-refractivity contribution in [1.82, 2.24) is 0 Å². The van der Waals surface area contributed by atoms with Crippen molar-refractivity contribution in [3.63, 3.8) is 0 Å². The maximum absolute atomic E-state index is 13.5. The first-order valence-electron chi connectivity index (χ1n) is 5.89. The average molecular weight is 219 g/mol. The molecule has 2 rings (SSSR count). The molecule has 86 valence electrons. The van der Waals surface area contributed by atoms with Crippen LogP contribution in [0.5, 0.6) is 0 Å². The van der Waals surface area contributed by atoms with Crippen LogP contribution in [0.1, 0.15) is 36.8 Å². The predicted octanol–water partition coefficient (Wildman–Crippen LogP) is 3.42. The summed E-state index contributed by atoms with van der Waals surface area (Å²) in [7, 11) is 0. The van der Waals surface area contributed by atoms with Crippen molar-refractivity contribution in [3.05, 3.63) is 41.2 Å². The molecule has 0 heterocycles. The lowest BCUT2D eigenvalue weighted by Crippen LogP contribution is -2.15. The van der Waals surface area contributed by atoms with E-state index in [4.69, 9.17) is 5.73 Å². The van der Waals surface area contributed by atoms with Crippen molar-refractivity contribution < 1.29 is 4.39 Å². The van der Waals surface area contributed by atoms with Gasteiger partial charge in [-0.3, -0.25) is 0 Å². The molecule has 0 saturated heterocycles. The van der Waals surface area contributed by atoms with Crippen molar-refractivity contribution in [3.8, 4) is 0 Å². The Morgan fingerprint density at radius 1 is 1.31 bits per heavy atom. The highest BCUT2D eigenvalue weighted by Gasteiger charge is 2.11. The highest BCUT2D eigenvalue weighted by atomic mass is 19.1. The number of rotatable bonds is 1. The molecule has 0 spiro atoms. The maximum Gasteiger partial charge on any atom is 0.126 e. The van der Waals surface area contributed by atoms with Gasteiger partial charge in [-0.1, -0.05) is 24.6 Å². The molecule has 2 N–H and O–H groups in total. The summed E-state index contributed by atoms with van der Waals surface area (Å²) in [5.41, 5.74) is 8.84. The summed E-state index contributed by atoms with van der Waals surface area (Å²) in [5, 5.41) is 0. The van der Waals surface area contributed by atoms with E-state index in [0.29, 0.717) is 5.56 Å². The molecule has 1 aliphatic rings. The maximum atomic E-state index is 13.5. The van der Waals surface area contributed by atoms with Gasteiger partial charge in [0, 0.05) is 6.04 Å². The second-order valence-corrected chi connectivity index (χ2v) is 4.57. The topological polar surface area (TPSA) is 26.0 Å². The van der Waals surface area contributed by atoms with E-state index >= 15 is 0 Å². The normalized spacial score (nSPS) is 21.4. The van der Waals surface area contributed by atoms with Crippen molar-refractivity contribution in [2.45, 2.75) is 38.6 Å². The second-order valence-electron chi connectivity index (χ2n) is 4.57. The Morgan fingerprint density at radius 2 is 2.12 bits per heavy atom. The molecule has 1 aromatic carbocycles. The van der Waals surface area contributed by atoms with Crippen molar-refractivity contribution >= 4 is 5.57 Å². The fourth-order valence-electron chi connectivity index (χ4n) is 2.15. The van der Waals surface area contributed by atoms with E-state index in [2.05, 4.69) is 6.08 Å². The van der Waals surface area contributed by atoms with Gasteiger partial charge in [0.1, 0.15) is 5.82 Å². The quantitative estimate of drug-likeness (QED) is 0.769. The van der Waals surface area contributed by atoms with Gasteiger partial charge in [0.25, 0.3) is 0 Å². The Kier molecular flexibility index (Phi) is 3.39. The van der Waals surface area contributed by atoms with Crippen LogP contribution in [0.2, 0.25) is 0 Å². The third kappa shape index (κ3) is 2.50. The van der Waals surface area contributed by atoms with E-state index in [0.717, 1.165) is 31.2 Å². The molecule has 0 saturated carbocycles. The highest BCUT2D eigenvalue weighted by molar-refractivity contribution is 5.66. The predicted molar refractivity (Wildman–Crippen MR) is 65.6 cm³/mol. The fourth-order valence-corrected chi connectivity index (χ4v) is 2.15. The number of hydrogen-bond acceptors (Lipinski definition) is 1. The zero-order chi connectivity index (χ0) is 11.5. The largest absolute Gasteiger partial charge is 0.324 e. The van der Waals surface area contributed by atoms with Gasteiger partial charge in [0.05, 0.1) is 0 Å². The monoisotopic (exact) mass is 219 g/mol. The minimum absolute atomic E-state index is 0.127. The summed E-state index contributed by atoms with van der Waals surface area (Å²) in [6.45, 7) is 1.78. The Balaban J connectivity index is 2.31. The fraction of sp³-hybridized carbons (Fsp3) is 0.429. The van der Waals surface area contributed by atoms with Crippen LogP contribution in [-0.2, 0) is 0 Å². The smallest absolute Gasteiger partial charge is 0.126 e. The molecular weight excluding hydrogens is 201 g/mol. The summed E-state index contributed by atoms with van der Waals surface area (Å²) in [5.74, 6) is -0.129. The first kappa shape index (κ1) is 11.3. The number of benzene rings is 1. The van der Waals surface area contributed by atoms with E-state index < -0.39 is 0 Å². The van der Waals surface area contributed by atoms with Gasteiger partial charge < -0.3 is 5.73 Å². The molecule has 16 heavy (non-hydrogen) atoms. The van der Waals surface area contributed by atoms with Gasteiger partial charge in [0.2, 0.25) is 0 Å². The van der Waals surface area contributed by atoms with E-state index in [-0.39, 0.29) is 11.9 Å². The zero-order valence-electron chi connectivity index (χ0n) is 9.67. The van der Waals surface area contributed by atoms with Crippen LogP contribution in [-0.4, -0.2) is 6.04 Å². The number of allylic oxidation sites excluding steroid dienone is 1. The number of halogens is 1. The Hall–Kier alpha value is -1.15. The van der Waals surface area contributed by atoms with Crippen LogP contribution in [0, 0.1) is 12.7 Å². The summed E-state index contributed by atoms with van der Waals surface area (Å²) < 4.78 is 13.5. The Labute approximate surface area is 96.2 Å². The number of hydrogen-bond donors (Lipinski definition) is 1. The van der Waals surface area contributed by atoms with Gasteiger partial charge in [-0.15, -0.1) is 0 Å². The Morgan fingerprint density at radius 3 is 2.88 bits per heavy atom. The van der Waals surface area contributed by atoms with Crippen molar-refractivity contribution in [2.24, 2.45) is 5.73 Å². The summed E-state index contributed by atoms with van der Waals surface area (Å²) in [6.07, 6.45) is 6.45. The van der Waals surface area contributed by atoms with Gasteiger partial charge in [-0.2, -0.15) is 0 Å². The lowest BCUT2D eigenvalue weighted by molar-refractivity contribution is 0.618. The molecule has 1 nitrogen and oxygen atoms in total. The molecule has 2 heteroatoms. The lowest BCUT2D eigenvalue weighted by Gasteiger charge is -2.08. The van der Waals surface area contributed by atoms with Gasteiger partial charge in [0.15, 0.2) is 0 Å².